The highest BCUT2D eigenvalue weighted by Gasteiger charge is 2.17. The van der Waals surface area contributed by atoms with Crippen LogP contribution in [0.25, 0.3) is 0 Å². The lowest BCUT2D eigenvalue weighted by Gasteiger charge is -2.29. The van der Waals surface area contributed by atoms with Crippen LogP contribution >= 0.6 is 11.8 Å². The lowest BCUT2D eigenvalue weighted by molar-refractivity contribution is -0.129. The van der Waals surface area contributed by atoms with Crippen molar-refractivity contribution in [1.82, 2.24) is 4.90 Å². The first kappa shape index (κ1) is 18.8. The zero-order chi connectivity index (χ0) is 16.9. The Kier molecular flexibility index (Phi) is 6.73. The van der Waals surface area contributed by atoms with Crippen LogP contribution in [0, 0.1) is 0 Å². The van der Waals surface area contributed by atoms with E-state index >= 15 is 0 Å². The summed E-state index contributed by atoms with van der Waals surface area (Å²) < 4.78 is 0. The highest BCUT2D eigenvalue weighted by Crippen LogP contribution is 2.26. The van der Waals surface area contributed by atoms with Gasteiger partial charge in [0, 0.05) is 23.1 Å². The fourth-order valence-corrected chi connectivity index (χ4v) is 3.03. The largest absolute Gasteiger partial charge is 0.334 e. The van der Waals surface area contributed by atoms with E-state index in [-0.39, 0.29) is 23.4 Å². The highest BCUT2D eigenvalue weighted by molar-refractivity contribution is 8.02. The number of rotatable bonds is 5. The van der Waals surface area contributed by atoms with Crippen molar-refractivity contribution in [2.75, 3.05) is 0 Å². The first-order valence-corrected chi connectivity index (χ1v) is 8.77. The lowest BCUT2D eigenvalue weighted by atomic mass is 9.87. The second-order valence-electron chi connectivity index (χ2n) is 7.13. The summed E-state index contributed by atoms with van der Waals surface area (Å²) >= 11 is 1.58. The molecule has 0 aromatic heterocycles. The van der Waals surface area contributed by atoms with Gasteiger partial charge in [-0.3, -0.25) is 4.79 Å². The van der Waals surface area contributed by atoms with Gasteiger partial charge >= 0.3 is 0 Å². The van der Waals surface area contributed by atoms with Crippen molar-refractivity contribution in [2.24, 2.45) is 0 Å². The van der Waals surface area contributed by atoms with Crippen molar-refractivity contribution >= 4 is 17.7 Å². The molecule has 0 radical (unpaired) electrons. The molecule has 0 spiro atoms. The Balaban J connectivity index is 2.67. The number of hydrogen-bond donors (Lipinski definition) is 0. The minimum absolute atomic E-state index is 0.0730. The van der Waals surface area contributed by atoms with Gasteiger partial charge in [-0.15, -0.1) is 0 Å². The average Bonchev–Trinajstić information content (AvgIpc) is 2.37. The second kappa shape index (κ2) is 7.87. The average molecular weight is 320 g/mol. The number of carbonyl (C=O) groups excluding carboxylic acids is 1. The third kappa shape index (κ3) is 5.53. The molecule has 0 N–H and O–H groups in total. The molecule has 1 rings (SSSR count). The predicted molar refractivity (Wildman–Crippen MR) is 97.3 cm³/mol. The van der Waals surface area contributed by atoms with E-state index in [2.05, 4.69) is 45.0 Å². The van der Waals surface area contributed by atoms with Gasteiger partial charge in [-0.05, 0) is 56.2 Å². The molecule has 0 heterocycles. The van der Waals surface area contributed by atoms with E-state index in [1.807, 2.05) is 38.0 Å². The summed E-state index contributed by atoms with van der Waals surface area (Å²) in [5.74, 6) is 0.0730. The van der Waals surface area contributed by atoms with Crippen LogP contribution in [0.15, 0.2) is 40.6 Å². The van der Waals surface area contributed by atoms with E-state index in [0.717, 1.165) is 4.90 Å². The number of amides is 1. The molecule has 0 saturated carbocycles. The number of carbonyl (C=O) groups is 1. The van der Waals surface area contributed by atoms with Crippen LogP contribution < -0.4 is 0 Å². The fraction of sp³-hybridized carbons (Fsp3) is 0.526. The van der Waals surface area contributed by atoms with Gasteiger partial charge in [0.2, 0.25) is 5.91 Å². The molecule has 0 saturated heterocycles. The molecule has 0 aliphatic heterocycles. The molecule has 2 nitrogen and oxygen atoms in total. The molecule has 122 valence electrons. The molecule has 1 amide bonds. The van der Waals surface area contributed by atoms with Crippen molar-refractivity contribution in [1.29, 1.82) is 0 Å². The van der Waals surface area contributed by atoms with Crippen LogP contribution in [-0.2, 0) is 10.2 Å². The van der Waals surface area contributed by atoms with Gasteiger partial charge in [0.05, 0.1) is 0 Å². The minimum Gasteiger partial charge on any atom is -0.334 e. The van der Waals surface area contributed by atoms with E-state index in [0.29, 0.717) is 0 Å². The Bertz CT molecular complexity index is 501. The smallest absolute Gasteiger partial charge is 0.247 e. The number of benzene rings is 1. The standard InChI is InChI=1S/C19H29NOS/c1-14(2)20(15(3)4)18(21)12-13-22-17-10-8-16(9-11-17)19(5,6)7/h8-15H,1-7H3/b13-12-. The minimum atomic E-state index is 0.0730. The van der Waals surface area contributed by atoms with E-state index in [4.69, 9.17) is 0 Å². The van der Waals surface area contributed by atoms with Crippen LogP contribution in [0.2, 0.25) is 0 Å². The van der Waals surface area contributed by atoms with Gasteiger partial charge in [-0.1, -0.05) is 44.7 Å². The summed E-state index contributed by atoms with van der Waals surface area (Å²) in [6.45, 7) is 14.8. The Morgan fingerprint density at radius 3 is 1.95 bits per heavy atom. The normalized spacial score (nSPS) is 12.4. The highest BCUT2D eigenvalue weighted by atomic mass is 32.2. The van der Waals surface area contributed by atoms with E-state index in [1.165, 1.54) is 5.56 Å². The third-order valence-electron chi connectivity index (χ3n) is 3.50. The first-order valence-electron chi connectivity index (χ1n) is 7.89. The van der Waals surface area contributed by atoms with Gasteiger partial charge in [0.15, 0.2) is 0 Å². The van der Waals surface area contributed by atoms with E-state index < -0.39 is 0 Å². The zero-order valence-corrected chi connectivity index (χ0v) is 15.7. The summed E-state index contributed by atoms with van der Waals surface area (Å²) in [4.78, 5) is 15.3. The van der Waals surface area contributed by atoms with Crippen molar-refractivity contribution in [3.05, 3.63) is 41.3 Å². The number of hydrogen-bond acceptors (Lipinski definition) is 2. The Labute approximate surface area is 140 Å². The SMILES string of the molecule is CC(C)N(C(=O)/C=C\Sc1ccc(C(C)(C)C)cc1)C(C)C. The summed E-state index contributed by atoms with van der Waals surface area (Å²) in [5, 5.41) is 1.88. The van der Waals surface area contributed by atoms with Crippen LogP contribution in [0.5, 0.6) is 0 Å². The Hall–Kier alpha value is -1.22. The Morgan fingerprint density at radius 1 is 1.05 bits per heavy atom. The molecular formula is C19H29NOS. The topological polar surface area (TPSA) is 20.3 Å². The summed E-state index contributed by atoms with van der Waals surface area (Å²) in [6.07, 6.45) is 1.67. The van der Waals surface area contributed by atoms with Crippen LogP contribution in [-0.4, -0.2) is 22.9 Å². The lowest BCUT2D eigenvalue weighted by Crippen LogP contribution is -2.41. The molecule has 3 heteroatoms. The molecule has 0 unspecified atom stereocenters. The maximum Gasteiger partial charge on any atom is 0.247 e. The molecule has 0 bridgehead atoms. The van der Waals surface area contributed by atoms with E-state index in [1.54, 1.807) is 17.8 Å². The van der Waals surface area contributed by atoms with E-state index in [9.17, 15) is 4.79 Å². The van der Waals surface area contributed by atoms with Gasteiger partial charge in [-0.2, -0.15) is 0 Å². The molecule has 0 aliphatic carbocycles. The van der Waals surface area contributed by atoms with Crippen LogP contribution in [0.4, 0.5) is 0 Å². The van der Waals surface area contributed by atoms with Gasteiger partial charge in [0.1, 0.15) is 0 Å². The molecular weight excluding hydrogens is 290 g/mol. The monoisotopic (exact) mass is 319 g/mol. The quantitative estimate of drug-likeness (QED) is 0.547. The van der Waals surface area contributed by atoms with Crippen molar-refractivity contribution in [2.45, 2.75) is 70.9 Å². The molecule has 0 atom stereocenters. The summed E-state index contributed by atoms with van der Waals surface area (Å²) in [5.41, 5.74) is 1.49. The maximum atomic E-state index is 12.2. The second-order valence-corrected chi connectivity index (χ2v) is 8.11. The van der Waals surface area contributed by atoms with Gasteiger partial charge in [-0.25, -0.2) is 0 Å². The molecule has 0 fully saturated rings. The third-order valence-corrected chi connectivity index (χ3v) is 4.32. The van der Waals surface area contributed by atoms with Crippen molar-refractivity contribution in [3.63, 3.8) is 0 Å². The van der Waals surface area contributed by atoms with Crippen molar-refractivity contribution < 1.29 is 4.79 Å². The van der Waals surface area contributed by atoms with Crippen molar-refractivity contribution in [3.8, 4) is 0 Å². The van der Waals surface area contributed by atoms with Crippen LogP contribution in [0.3, 0.4) is 0 Å². The molecule has 0 aliphatic rings. The van der Waals surface area contributed by atoms with Crippen LogP contribution in [0.1, 0.15) is 54.0 Å². The summed E-state index contributed by atoms with van der Waals surface area (Å²) in [6, 6.07) is 8.98. The van der Waals surface area contributed by atoms with Gasteiger partial charge in [0.25, 0.3) is 0 Å². The number of nitrogens with zero attached hydrogens (tertiary/aromatic N) is 1. The molecule has 22 heavy (non-hydrogen) atoms. The fourth-order valence-electron chi connectivity index (χ4n) is 2.40. The van der Waals surface area contributed by atoms with Gasteiger partial charge < -0.3 is 4.90 Å². The Morgan fingerprint density at radius 2 is 1.55 bits per heavy atom. The first-order chi connectivity index (χ1) is 10.1. The molecule has 1 aromatic rings. The zero-order valence-electron chi connectivity index (χ0n) is 14.9. The molecule has 1 aromatic carbocycles. The maximum absolute atomic E-state index is 12.2. The summed E-state index contributed by atoms with van der Waals surface area (Å²) in [7, 11) is 0. The predicted octanol–water partition coefficient (Wildman–Crippen LogP) is 5.24. The number of thioether (sulfide) groups is 1.